The van der Waals surface area contributed by atoms with E-state index in [9.17, 15) is 14.4 Å². The summed E-state index contributed by atoms with van der Waals surface area (Å²) in [5.74, 6) is -0.854. The molecular formula is C19H17N3O4. The Morgan fingerprint density at radius 2 is 2.00 bits per heavy atom. The highest BCUT2D eigenvalue weighted by Crippen LogP contribution is 2.32. The highest BCUT2D eigenvalue weighted by molar-refractivity contribution is 6.08. The van der Waals surface area contributed by atoms with Crippen molar-refractivity contribution in [3.05, 3.63) is 65.2 Å². The highest BCUT2D eigenvalue weighted by Gasteiger charge is 2.50. The van der Waals surface area contributed by atoms with E-state index in [1.807, 2.05) is 0 Å². The number of nitrogens with one attached hydrogen (secondary N) is 2. The second-order valence-corrected chi connectivity index (χ2v) is 6.26. The van der Waals surface area contributed by atoms with Gasteiger partial charge in [-0.1, -0.05) is 36.4 Å². The lowest BCUT2D eigenvalue weighted by molar-refractivity contribution is -0.124. The zero-order valence-corrected chi connectivity index (χ0v) is 13.6. The van der Waals surface area contributed by atoms with Gasteiger partial charge in [-0.15, -0.1) is 0 Å². The molecule has 7 heteroatoms. The molecule has 0 radical (unpaired) electrons. The van der Waals surface area contributed by atoms with Gasteiger partial charge in [-0.2, -0.15) is 0 Å². The van der Waals surface area contributed by atoms with Crippen LogP contribution in [0.15, 0.2) is 48.5 Å². The number of hydrogen-bond acceptors (Lipinski definition) is 4. The number of imide groups is 1. The average Bonchev–Trinajstić information content (AvgIpc) is 3.11. The molecule has 0 unspecified atom stereocenters. The first-order valence-electron chi connectivity index (χ1n) is 9.48. The van der Waals surface area contributed by atoms with Crippen LogP contribution >= 0.6 is 0 Å². The molecule has 2 aromatic carbocycles. The van der Waals surface area contributed by atoms with E-state index in [0.29, 0.717) is 16.7 Å². The number of carbonyl (C=O) groups is 3. The molecule has 0 aromatic heterocycles. The fourth-order valence-corrected chi connectivity index (χ4v) is 3.44. The summed E-state index contributed by atoms with van der Waals surface area (Å²) in [5.41, 5.74) is 0.132. The fraction of sp³-hybridized carbons (Fsp3) is 0.211. The van der Waals surface area contributed by atoms with Crippen LogP contribution in [-0.2, 0) is 16.9 Å². The molecule has 0 saturated carbocycles. The molecule has 2 aliphatic heterocycles. The Morgan fingerprint density at radius 1 is 1.19 bits per heavy atom. The molecule has 132 valence electrons. The van der Waals surface area contributed by atoms with Gasteiger partial charge in [0, 0.05) is 12.1 Å². The Labute approximate surface area is 154 Å². The second-order valence-electron chi connectivity index (χ2n) is 6.26. The van der Waals surface area contributed by atoms with E-state index in [1.165, 1.54) is 17.0 Å². The van der Waals surface area contributed by atoms with Gasteiger partial charge in [0.2, 0.25) is 0 Å². The summed E-state index contributed by atoms with van der Waals surface area (Å²) < 4.78 is 26.5. The summed E-state index contributed by atoms with van der Waals surface area (Å²) in [7, 11) is -2.63. The molecular weight excluding hydrogens is 334 g/mol. The van der Waals surface area contributed by atoms with E-state index in [4.69, 9.17) is 8.85 Å². The van der Waals surface area contributed by atoms with Gasteiger partial charge in [-0.3, -0.25) is 14.9 Å². The number of rotatable bonds is 4. The number of fused-ring (bicyclic) bond motifs is 1. The van der Waals surface area contributed by atoms with Crippen LogP contribution in [0.2, 0.25) is 0 Å². The van der Waals surface area contributed by atoms with Crippen molar-refractivity contribution in [2.24, 2.45) is 0 Å². The van der Waals surface area contributed by atoms with Crippen LogP contribution in [0.3, 0.4) is 0 Å². The SMILES string of the molecule is [2H]C([2H])([2H])Oc1ccc2c(c1)C(=O)N(C[C@@]1(c3ccccc3)NC(=O)NC1=O)C2. The minimum absolute atomic E-state index is 0.0589. The summed E-state index contributed by atoms with van der Waals surface area (Å²) in [4.78, 5) is 38.9. The number of carbonyl (C=O) groups excluding carboxylic acids is 3. The van der Waals surface area contributed by atoms with Gasteiger partial charge in [-0.25, -0.2) is 4.79 Å². The molecule has 7 nitrogen and oxygen atoms in total. The van der Waals surface area contributed by atoms with Gasteiger partial charge < -0.3 is 15.0 Å². The summed E-state index contributed by atoms with van der Waals surface area (Å²) in [6, 6.07) is 12.6. The number of benzene rings is 2. The zero-order valence-electron chi connectivity index (χ0n) is 16.6. The third-order valence-electron chi connectivity index (χ3n) is 4.71. The van der Waals surface area contributed by atoms with Gasteiger partial charge in [-0.05, 0) is 23.3 Å². The molecule has 4 amide bonds. The lowest BCUT2D eigenvalue weighted by Gasteiger charge is -2.31. The maximum Gasteiger partial charge on any atom is 0.322 e. The number of amides is 4. The van der Waals surface area contributed by atoms with Crippen LogP contribution in [0.5, 0.6) is 5.75 Å². The van der Waals surface area contributed by atoms with E-state index < -0.39 is 24.5 Å². The molecule has 2 aromatic rings. The number of methoxy groups -OCH3 is 1. The third kappa shape index (κ3) is 2.40. The number of urea groups is 1. The van der Waals surface area contributed by atoms with E-state index in [1.54, 1.807) is 36.4 Å². The van der Waals surface area contributed by atoms with Crippen molar-refractivity contribution in [2.45, 2.75) is 12.1 Å². The molecule has 0 spiro atoms. The summed E-state index contributed by atoms with van der Waals surface area (Å²) in [6.07, 6.45) is 0. The van der Waals surface area contributed by atoms with Crippen molar-refractivity contribution in [3.63, 3.8) is 0 Å². The maximum atomic E-state index is 12.9. The monoisotopic (exact) mass is 354 g/mol. The number of ether oxygens (including phenoxy) is 1. The molecule has 0 bridgehead atoms. The average molecular weight is 354 g/mol. The molecule has 0 aliphatic carbocycles. The minimum atomic E-state index is -2.63. The van der Waals surface area contributed by atoms with Gasteiger partial charge in [0.05, 0.1) is 17.7 Å². The largest absolute Gasteiger partial charge is 0.497 e. The highest BCUT2D eigenvalue weighted by atomic mass is 16.5. The summed E-state index contributed by atoms with van der Waals surface area (Å²) >= 11 is 0. The van der Waals surface area contributed by atoms with Crippen LogP contribution < -0.4 is 15.4 Å². The Hall–Kier alpha value is -3.35. The quantitative estimate of drug-likeness (QED) is 0.812. The van der Waals surface area contributed by atoms with Gasteiger partial charge in [0.1, 0.15) is 5.75 Å². The fourth-order valence-electron chi connectivity index (χ4n) is 3.44. The zero-order chi connectivity index (χ0) is 20.8. The topological polar surface area (TPSA) is 87.7 Å². The predicted molar refractivity (Wildman–Crippen MR) is 92.5 cm³/mol. The van der Waals surface area contributed by atoms with Crippen molar-refractivity contribution >= 4 is 17.8 Å². The van der Waals surface area contributed by atoms with Crippen LogP contribution in [-0.4, -0.2) is 36.3 Å². The Morgan fingerprint density at radius 3 is 2.69 bits per heavy atom. The first kappa shape index (κ1) is 12.9. The standard InChI is InChI=1S/C19H17N3O4/c1-26-14-8-7-12-10-22(16(23)15(12)9-14)11-19(13-5-3-2-4-6-13)17(24)20-18(25)21-19/h2-9H,10-11H2,1H3,(H2,20,21,24,25)/t19-/m0/s1/i1D3. The second kappa shape index (κ2) is 5.87. The summed E-state index contributed by atoms with van der Waals surface area (Å²) in [6.45, 7) is 0.150. The number of nitrogens with zero attached hydrogens (tertiary/aromatic N) is 1. The lowest BCUT2D eigenvalue weighted by atomic mass is 9.89. The van der Waals surface area contributed by atoms with Crippen molar-refractivity contribution in [3.8, 4) is 5.75 Å². The Kier molecular flexibility index (Phi) is 2.92. The third-order valence-corrected chi connectivity index (χ3v) is 4.71. The summed E-state index contributed by atoms with van der Waals surface area (Å²) in [5, 5.41) is 4.90. The Bertz CT molecular complexity index is 1010. The first-order valence-corrected chi connectivity index (χ1v) is 7.98. The van der Waals surface area contributed by atoms with Crippen LogP contribution in [0.4, 0.5) is 4.79 Å². The molecule has 2 aliphatic rings. The normalized spacial score (nSPS) is 23.6. The van der Waals surface area contributed by atoms with Gasteiger partial charge in [0.15, 0.2) is 5.54 Å². The van der Waals surface area contributed by atoms with E-state index in [-0.39, 0.29) is 24.7 Å². The van der Waals surface area contributed by atoms with Crippen molar-refractivity contribution in [1.29, 1.82) is 0 Å². The van der Waals surface area contributed by atoms with Crippen molar-refractivity contribution in [1.82, 2.24) is 15.5 Å². The predicted octanol–water partition coefficient (Wildman–Crippen LogP) is 1.39. The van der Waals surface area contributed by atoms with Crippen LogP contribution in [0.1, 0.15) is 25.6 Å². The number of hydrogen-bond donors (Lipinski definition) is 2. The van der Waals surface area contributed by atoms with Crippen LogP contribution in [0.25, 0.3) is 0 Å². The molecule has 1 fully saturated rings. The molecule has 1 saturated heterocycles. The first-order chi connectivity index (χ1) is 13.7. The molecule has 2 heterocycles. The maximum absolute atomic E-state index is 12.9. The van der Waals surface area contributed by atoms with Crippen molar-refractivity contribution in [2.75, 3.05) is 13.6 Å². The minimum Gasteiger partial charge on any atom is -0.497 e. The van der Waals surface area contributed by atoms with Gasteiger partial charge in [0.25, 0.3) is 11.8 Å². The van der Waals surface area contributed by atoms with Gasteiger partial charge >= 0.3 is 6.03 Å². The molecule has 1 atom stereocenters. The molecule has 2 N–H and O–H groups in total. The van der Waals surface area contributed by atoms with E-state index >= 15 is 0 Å². The van der Waals surface area contributed by atoms with Crippen molar-refractivity contribution < 1.29 is 23.2 Å². The van der Waals surface area contributed by atoms with E-state index in [0.717, 1.165) is 0 Å². The molecule has 26 heavy (non-hydrogen) atoms. The van der Waals surface area contributed by atoms with E-state index in [2.05, 4.69) is 10.6 Å². The smallest absolute Gasteiger partial charge is 0.322 e. The van der Waals surface area contributed by atoms with Crippen LogP contribution in [0, 0.1) is 0 Å². The Balaban J connectivity index is 1.64. The molecule has 4 rings (SSSR count). The lowest BCUT2D eigenvalue weighted by Crippen LogP contribution is -2.52.